The summed E-state index contributed by atoms with van der Waals surface area (Å²) >= 11 is 0. The summed E-state index contributed by atoms with van der Waals surface area (Å²) in [7, 11) is 0. The molecule has 1 heterocycles. The number of hydrogen-bond donors (Lipinski definition) is 0. The van der Waals surface area contributed by atoms with E-state index in [0.29, 0.717) is 4.90 Å². The molecule has 0 atom stereocenters. The highest BCUT2D eigenvalue weighted by Gasteiger charge is 2.40. The van der Waals surface area contributed by atoms with E-state index in [2.05, 4.69) is 0 Å². The number of hydrogen-bond acceptors (Lipinski definition) is 2. The van der Waals surface area contributed by atoms with Crippen molar-refractivity contribution in [2.24, 2.45) is 5.41 Å². The average Bonchev–Trinajstić information content (AvgIpc) is 1.93. The number of carbonyl (C=O) groups is 2. The zero-order chi connectivity index (χ0) is 11.9. The van der Waals surface area contributed by atoms with Crippen LogP contribution in [0.2, 0.25) is 0 Å². The Bertz CT molecular complexity index is 281. The van der Waals surface area contributed by atoms with Gasteiger partial charge in [-0.1, -0.05) is 13.8 Å². The molecule has 0 aromatic heterocycles. The molecule has 3 nitrogen and oxygen atoms in total. The molecule has 0 N–H and O–H groups in total. The highest BCUT2D eigenvalue weighted by molar-refractivity contribution is 6.59. The van der Waals surface area contributed by atoms with E-state index in [4.69, 9.17) is 0 Å². The minimum absolute atomic E-state index is 0.00903. The molecular weight excluding hydrogens is 210 g/mol. The van der Waals surface area contributed by atoms with Gasteiger partial charge in [0.05, 0.1) is 0 Å². The largest absolute Gasteiger partial charge is 0.497 e. The minimum atomic E-state index is -5.14. The lowest BCUT2D eigenvalue weighted by atomic mass is 9.80. The number of nitrogens with zero attached hydrogens (tertiary/aromatic N) is 1. The van der Waals surface area contributed by atoms with Crippen LogP contribution in [-0.2, 0) is 9.59 Å². The normalized spacial score (nSPS) is 22.1. The Hall–Kier alpha value is -1.01. The summed E-state index contributed by atoms with van der Waals surface area (Å²) in [6.45, 7) is -1.75. The fraction of sp³-hybridized carbons (Fsp3) is 0.750. The van der Waals surface area contributed by atoms with Crippen LogP contribution in [0.5, 0.6) is 0 Å². The van der Waals surface area contributed by atoms with Gasteiger partial charge in [0.1, 0.15) is 0 Å². The van der Waals surface area contributed by atoms with Crippen molar-refractivity contribution in [3.63, 3.8) is 0 Å². The number of halogens is 3. The van der Waals surface area contributed by atoms with Crippen molar-refractivity contribution in [2.75, 3.05) is 6.44 Å². The number of amides is 2. The molecule has 2 amide bonds. The Balaban J connectivity index is 2.76. The second-order valence-electron chi connectivity index (χ2n) is 4.63. The van der Waals surface area contributed by atoms with E-state index < -0.39 is 30.7 Å². The van der Waals surface area contributed by atoms with Gasteiger partial charge in [0.25, 0.3) is 0 Å². The molecule has 15 heavy (non-hydrogen) atoms. The first-order valence-corrected chi connectivity index (χ1v) is 4.65. The molecular formula is C8H12BF3NO2-. The van der Waals surface area contributed by atoms with E-state index in [1.165, 1.54) is 0 Å². The van der Waals surface area contributed by atoms with E-state index in [9.17, 15) is 22.5 Å². The molecule has 86 valence electrons. The van der Waals surface area contributed by atoms with Crippen molar-refractivity contribution in [1.29, 1.82) is 0 Å². The van der Waals surface area contributed by atoms with Crippen molar-refractivity contribution >= 4 is 18.8 Å². The smallest absolute Gasteiger partial charge is 0.448 e. The molecule has 0 spiro atoms. The first kappa shape index (κ1) is 12.1. The molecule has 0 radical (unpaired) electrons. The van der Waals surface area contributed by atoms with Gasteiger partial charge in [0.15, 0.2) is 0 Å². The molecule has 7 heteroatoms. The van der Waals surface area contributed by atoms with Crippen molar-refractivity contribution in [3.8, 4) is 0 Å². The van der Waals surface area contributed by atoms with Crippen molar-refractivity contribution < 1.29 is 22.5 Å². The molecule has 1 aliphatic heterocycles. The Morgan fingerprint density at radius 1 is 1.20 bits per heavy atom. The predicted octanol–water partition coefficient (Wildman–Crippen LogP) is 1.55. The van der Waals surface area contributed by atoms with Gasteiger partial charge in [-0.15, -0.1) is 0 Å². The third-order valence-corrected chi connectivity index (χ3v) is 2.25. The lowest BCUT2D eigenvalue weighted by Gasteiger charge is -2.36. The van der Waals surface area contributed by atoms with E-state index in [0.717, 1.165) is 0 Å². The van der Waals surface area contributed by atoms with Crippen LogP contribution < -0.4 is 0 Å². The summed E-state index contributed by atoms with van der Waals surface area (Å²) in [5, 5.41) is 0. The second kappa shape index (κ2) is 3.54. The van der Waals surface area contributed by atoms with Gasteiger partial charge in [0, 0.05) is 12.8 Å². The third kappa shape index (κ3) is 3.25. The van der Waals surface area contributed by atoms with Crippen LogP contribution >= 0.6 is 0 Å². The monoisotopic (exact) mass is 222 g/mol. The first-order chi connectivity index (χ1) is 6.61. The summed E-state index contributed by atoms with van der Waals surface area (Å²) in [4.78, 5) is 23.0. The summed E-state index contributed by atoms with van der Waals surface area (Å²) in [6, 6.07) is 0. The molecule has 0 bridgehead atoms. The molecule has 1 saturated heterocycles. The van der Waals surface area contributed by atoms with Crippen molar-refractivity contribution in [3.05, 3.63) is 0 Å². The molecule has 1 fully saturated rings. The Morgan fingerprint density at radius 3 is 1.93 bits per heavy atom. The molecule has 1 aliphatic rings. The maximum Gasteiger partial charge on any atom is 0.497 e. The van der Waals surface area contributed by atoms with E-state index in [-0.39, 0.29) is 12.8 Å². The molecule has 0 aliphatic carbocycles. The van der Waals surface area contributed by atoms with Crippen LogP contribution in [0.25, 0.3) is 0 Å². The molecule has 0 unspecified atom stereocenters. The SMILES string of the molecule is CC1(C)CC(=O)N(C[B-](F)(F)F)C(=O)C1. The van der Waals surface area contributed by atoms with Crippen LogP contribution in [0.1, 0.15) is 26.7 Å². The van der Waals surface area contributed by atoms with Crippen molar-refractivity contribution in [1.82, 2.24) is 4.90 Å². The van der Waals surface area contributed by atoms with Gasteiger partial charge in [-0.25, -0.2) is 0 Å². The minimum Gasteiger partial charge on any atom is -0.448 e. The summed E-state index contributed by atoms with van der Waals surface area (Å²) < 4.78 is 36.3. The van der Waals surface area contributed by atoms with E-state index in [1.807, 2.05) is 0 Å². The average molecular weight is 222 g/mol. The zero-order valence-electron chi connectivity index (χ0n) is 8.60. The number of rotatable bonds is 2. The zero-order valence-corrected chi connectivity index (χ0v) is 8.60. The Labute approximate surface area is 85.7 Å². The third-order valence-electron chi connectivity index (χ3n) is 2.25. The predicted molar refractivity (Wildman–Crippen MR) is 48.8 cm³/mol. The molecule has 0 aromatic carbocycles. The standard InChI is InChI=1S/C8H12BF3NO2/c1-8(2)3-6(14)13(7(15)4-8)5-9(10,11)12/h3-5H2,1-2H3/q-1. The van der Waals surface area contributed by atoms with Gasteiger partial charge < -0.3 is 17.8 Å². The van der Waals surface area contributed by atoms with Gasteiger partial charge in [-0.2, -0.15) is 0 Å². The Kier molecular flexibility index (Phi) is 2.84. The topological polar surface area (TPSA) is 37.4 Å². The summed E-state index contributed by atoms with van der Waals surface area (Å²) in [5.41, 5.74) is -0.525. The van der Waals surface area contributed by atoms with Gasteiger partial charge in [-0.05, 0) is 11.9 Å². The number of piperidine rings is 1. The van der Waals surface area contributed by atoms with Crippen LogP contribution in [-0.4, -0.2) is 30.1 Å². The summed E-state index contributed by atoms with van der Waals surface area (Å²) in [5.74, 6) is -1.45. The lowest BCUT2D eigenvalue weighted by molar-refractivity contribution is -0.151. The molecule has 0 saturated carbocycles. The summed E-state index contributed by atoms with van der Waals surface area (Å²) in [6.07, 6.45) is -1.43. The number of likely N-dealkylation sites (tertiary alicyclic amines) is 1. The fourth-order valence-electron chi connectivity index (χ4n) is 1.62. The van der Waals surface area contributed by atoms with E-state index >= 15 is 0 Å². The fourth-order valence-corrected chi connectivity index (χ4v) is 1.62. The highest BCUT2D eigenvalue weighted by atomic mass is 19.4. The van der Waals surface area contributed by atoms with Gasteiger partial charge in [-0.3, -0.25) is 9.59 Å². The Morgan fingerprint density at radius 2 is 1.60 bits per heavy atom. The highest BCUT2D eigenvalue weighted by Crippen LogP contribution is 2.32. The van der Waals surface area contributed by atoms with Crippen LogP contribution in [0, 0.1) is 5.41 Å². The molecule has 0 aromatic rings. The maximum atomic E-state index is 12.1. The lowest BCUT2D eigenvalue weighted by Crippen LogP contribution is -2.51. The quantitative estimate of drug-likeness (QED) is 0.525. The maximum absolute atomic E-state index is 12.1. The van der Waals surface area contributed by atoms with E-state index in [1.54, 1.807) is 13.8 Å². The number of carbonyl (C=O) groups excluding carboxylic acids is 2. The van der Waals surface area contributed by atoms with Crippen molar-refractivity contribution in [2.45, 2.75) is 26.7 Å². The second-order valence-corrected chi connectivity index (χ2v) is 4.63. The van der Waals surface area contributed by atoms with Gasteiger partial charge >= 0.3 is 6.98 Å². The number of imide groups is 1. The first-order valence-electron chi connectivity index (χ1n) is 4.65. The van der Waals surface area contributed by atoms with Crippen LogP contribution in [0.3, 0.4) is 0 Å². The van der Waals surface area contributed by atoms with Crippen LogP contribution in [0.15, 0.2) is 0 Å². The molecule has 1 rings (SSSR count). The van der Waals surface area contributed by atoms with Crippen LogP contribution in [0.4, 0.5) is 12.9 Å². The van der Waals surface area contributed by atoms with Gasteiger partial charge in [0.2, 0.25) is 11.8 Å².